The van der Waals surface area contributed by atoms with Crippen LogP contribution in [0.3, 0.4) is 0 Å². The van der Waals surface area contributed by atoms with Crippen molar-refractivity contribution in [1.82, 2.24) is 25.0 Å². The van der Waals surface area contributed by atoms with Crippen LogP contribution in [0.4, 0.5) is 5.95 Å². The lowest BCUT2D eigenvalue weighted by Gasteiger charge is -1.89. The molecule has 0 aromatic carbocycles. The highest BCUT2D eigenvalue weighted by molar-refractivity contribution is 5.20. The minimum Gasteiger partial charge on any atom is -0.369 e. The smallest absolute Gasteiger partial charge is 0.197 e. The van der Waals surface area contributed by atoms with Gasteiger partial charge in [0.25, 0.3) is 0 Å². The predicted molar refractivity (Wildman–Crippen MR) is 46.8 cm³/mol. The Balaban J connectivity index is 2.14. The molecule has 13 heavy (non-hydrogen) atoms. The molecule has 0 aliphatic rings. The van der Waals surface area contributed by atoms with Crippen LogP contribution in [0, 0.1) is 0 Å². The highest BCUT2D eigenvalue weighted by atomic mass is 15.4. The number of H-pyrrole nitrogens is 1. The Morgan fingerprint density at radius 1 is 1.62 bits per heavy atom. The molecule has 2 heterocycles. The minimum atomic E-state index is 0.430. The molecule has 0 amide bonds. The molecule has 0 spiro atoms. The quantitative estimate of drug-likeness (QED) is 0.661. The van der Waals surface area contributed by atoms with Crippen LogP contribution in [0.5, 0.6) is 0 Å². The maximum atomic E-state index is 5.43. The van der Waals surface area contributed by atoms with Gasteiger partial charge in [0.1, 0.15) is 0 Å². The molecule has 0 aliphatic carbocycles. The maximum Gasteiger partial charge on any atom is 0.197 e. The van der Waals surface area contributed by atoms with Crippen molar-refractivity contribution in [3.8, 4) is 0 Å². The fourth-order valence-corrected chi connectivity index (χ4v) is 1.14. The van der Waals surface area contributed by atoms with E-state index in [0.29, 0.717) is 12.4 Å². The zero-order valence-corrected chi connectivity index (χ0v) is 7.23. The van der Waals surface area contributed by atoms with Gasteiger partial charge in [-0.15, -0.1) is 5.10 Å². The molecular formula is C7H10N6. The number of aromatic nitrogens is 5. The maximum absolute atomic E-state index is 5.43. The van der Waals surface area contributed by atoms with Crippen LogP contribution in [0.1, 0.15) is 11.4 Å². The number of imidazole rings is 1. The first-order chi connectivity index (χ1) is 6.24. The Hall–Kier alpha value is -1.85. The van der Waals surface area contributed by atoms with Crippen LogP contribution >= 0.6 is 0 Å². The number of nitrogens with zero attached hydrogens (tertiary/aromatic N) is 4. The fourth-order valence-electron chi connectivity index (χ4n) is 1.14. The van der Waals surface area contributed by atoms with E-state index in [1.54, 1.807) is 10.9 Å². The van der Waals surface area contributed by atoms with Crippen LogP contribution in [0.25, 0.3) is 0 Å². The van der Waals surface area contributed by atoms with Crippen molar-refractivity contribution in [2.75, 3.05) is 5.73 Å². The van der Waals surface area contributed by atoms with Gasteiger partial charge in [0.2, 0.25) is 0 Å². The molecule has 0 bridgehead atoms. The van der Waals surface area contributed by atoms with Crippen molar-refractivity contribution < 1.29 is 0 Å². The topological polar surface area (TPSA) is 85.4 Å². The van der Waals surface area contributed by atoms with Crippen molar-refractivity contribution in [3.05, 3.63) is 23.8 Å². The van der Waals surface area contributed by atoms with Gasteiger partial charge in [0.15, 0.2) is 5.95 Å². The molecule has 0 aliphatic heterocycles. The number of anilines is 1. The Labute approximate surface area is 74.8 Å². The lowest BCUT2D eigenvalue weighted by molar-refractivity contribution is 0.713. The first kappa shape index (κ1) is 7.78. The van der Waals surface area contributed by atoms with E-state index in [-0.39, 0.29) is 0 Å². The third-order valence-corrected chi connectivity index (χ3v) is 1.67. The van der Waals surface area contributed by atoms with Crippen LogP contribution < -0.4 is 5.73 Å². The summed E-state index contributed by atoms with van der Waals surface area (Å²) in [5, 5.41) is 7.77. The molecule has 2 aromatic rings. The van der Waals surface area contributed by atoms with Crippen molar-refractivity contribution in [3.63, 3.8) is 0 Å². The van der Waals surface area contributed by atoms with Gasteiger partial charge in [0, 0.05) is 25.4 Å². The monoisotopic (exact) mass is 178 g/mol. The summed E-state index contributed by atoms with van der Waals surface area (Å²) in [6.45, 7) is 0. The number of hydrogen-bond acceptors (Lipinski definition) is 4. The second kappa shape index (κ2) is 2.89. The lowest BCUT2D eigenvalue weighted by atomic mass is 10.3. The molecule has 0 saturated carbocycles. The van der Waals surface area contributed by atoms with Crippen LogP contribution in [-0.4, -0.2) is 25.0 Å². The summed E-state index contributed by atoms with van der Waals surface area (Å²) in [5.41, 5.74) is 7.27. The van der Waals surface area contributed by atoms with Crippen molar-refractivity contribution in [2.24, 2.45) is 7.05 Å². The summed E-state index contributed by atoms with van der Waals surface area (Å²) in [5.74, 6) is 0.430. The van der Waals surface area contributed by atoms with Crippen molar-refractivity contribution >= 4 is 5.95 Å². The number of nitrogens with one attached hydrogen (secondary N) is 1. The number of aromatic amines is 1. The van der Waals surface area contributed by atoms with E-state index in [4.69, 9.17) is 5.73 Å². The first-order valence-corrected chi connectivity index (χ1v) is 3.88. The van der Waals surface area contributed by atoms with Crippen LogP contribution in [-0.2, 0) is 13.5 Å². The van der Waals surface area contributed by atoms with Crippen molar-refractivity contribution in [2.45, 2.75) is 6.42 Å². The van der Waals surface area contributed by atoms with Gasteiger partial charge in [0.05, 0.1) is 11.9 Å². The third kappa shape index (κ3) is 1.66. The van der Waals surface area contributed by atoms with E-state index in [0.717, 1.165) is 11.4 Å². The molecular weight excluding hydrogens is 168 g/mol. The highest BCUT2D eigenvalue weighted by Crippen LogP contribution is 2.04. The van der Waals surface area contributed by atoms with E-state index in [1.165, 1.54) is 0 Å². The molecule has 0 atom stereocenters. The van der Waals surface area contributed by atoms with Crippen LogP contribution in [0.2, 0.25) is 0 Å². The highest BCUT2D eigenvalue weighted by Gasteiger charge is 2.02. The molecule has 6 heteroatoms. The van der Waals surface area contributed by atoms with Crippen molar-refractivity contribution in [1.29, 1.82) is 0 Å². The third-order valence-electron chi connectivity index (χ3n) is 1.67. The Morgan fingerprint density at radius 2 is 2.46 bits per heavy atom. The van der Waals surface area contributed by atoms with E-state index >= 15 is 0 Å². The molecule has 2 rings (SSSR count). The predicted octanol–water partition coefficient (Wildman–Crippen LogP) is -0.289. The number of hydrogen-bond donors (Lipinski definition) is 2. The molecule has 68 valence electrons. The number of nitrogen functional groups attached to an aromatic ring is 1. The Morgan fingerprint density at radius 3 is 3.00 bits per heavy atom. The van der Waals surface area contributed by atoms with Gasteiger partial charge < -0.3 is 10.7 Å². The summed E-state index contributed by atoms with van der Waals surface area (Å²) in [7, 11) is 1.83. The summed E-state index contributed by atoms with van der Waals surface area (Å²) in [4.78, 5) is 6.81. The molecule has 0 unspecified atom stereocenters. The SMILES string of the molecule is Cn1cc(Cc2cnc(N)[nH]2)nn1. The summed E-state index contributed by atoms with van der Waals surface area (Å²) in [6, 6.07) is 0. The number of rotatable bonds is 2. The van der Waals surface area contributed by atoms with Gasteiger partial charge in [-0.3, -0.25) is 4.68 Å². The van der Waals surface area contributed by atoms with Gasteiger partial charge in [-0.1, -0.05) is 5.21 Å². The zero-order valence-electron chi connectivity index (χ0n) is 7.23. The summed E-state index contributed by atoms with van der Waals surface area (Å²) in [6.07, 6.45) is 4.24. The second-order valence-electron chi connectivity index (χ2n) is 2.85. The van der Waals surface area contributed by atoms with Crippen LogP contribution in [0.15, 0.2) is 12.4 Å². The van der Waals surface area contributed by atoms with E-state index in [2.05, 4.69) is 20.3 Å². The summed E-state index contributed by atoms with van der Waals surface area (Å²) < 4.78 is 1.66. The van der Waals surface area contributed by atoms with E-state index < -0.39 is 0 Å². The molecule has 6 nitrogen and oxygen atoms in total. The van der Waals surface area contributed by atoms with Gasteiger partial charge in [-0.25, -0.2) is 4.98 Å². The van der Waals surface area contributed by atoms with Gasteiger partial charge in [-0.05, 0) is 0 Å². The van der Waals surface area contributed by atoms with Gasteiger partial charge in [-0.2, -0.15) is 0 Å². The largest absolute Gasteiger partial charge is 0.369 e. The van der Waals surface area contributed by atoms with E-state index in [9.17, 15) is 0 Å². The Kier molecular flexibility index (Phi) is 1.73. The molecule has 3 N–H and O–H groups in total. The Bertz CT molecular complexity index is 362. The first-order valence-electron chi connectivity index (χ1n) is 3.88. The average molecular weight is 178 g/mol. The number of nitrogens with two attached hydrogens (primary N) is 1. The fraction of sp³-hybridized carbons (Fsp3) is 0.286. The molecule has 0 saturated heterocycles. The standard InChI is InChI=1S/C7H10N6/c1-13-4-6(11-12-13)2-5-3-9-7(8)10-5/h3-4H,2H2,1H3,(H3,8,9,10). The second-order valence-corrected chi connectivity index (χ2v) is 2.85. The van der Waals surface area contributed by atoms with Gasteiger partial charge >= 0.3 is 0 Å². The lowest BCUT2D eigenvalue weighted by Crippen LogP contribution is -1.90. The molecule has 0 fully saturated rings. The number of aryl methyl sites for hydroxylation is 1. The van der Waals surface area contributed by atoms with E-state index in [1.807, 2.05) is 13.2 Å². The zero-order chi connectivity index (χ0) is 9.26. The molecule has 2 aromatic heterocycles. The average Bonchev–Trinajstić information content (AvgIpc) is 2.62. The molecule has 0 radical (unpaired) electrons. The minimum absolute atomic E-state index is 0.430. The normalized spacial score (nSPS) is 10.5. The summed E-state index contributed by atoms with van der Waals surface area (Å²) >= 11 is 0.